The van der Waals surface area contributed by atoms with E-state index in [9.17, 15) is 0 Å². The molecule has 1 aromatic rings. The molecular formula is C15H21N3O2S. The van der Waals surface area contributed by atoms with E-state index >= 15 is 0 Å². The maximum atomic E-state index is 5.77. The van der Waals surface area contributed by atoms with Crippen molar-refractivity contribution in [3.8, 4) is 5.88 Å². The number of aliphatic imine (C=N–C) groups is 1. The normalized spacial score (nSPS) is 16.7. The summed E-state index contributed by atoms with van der Waals surface area (Å²) in [5.74, 6) is 1.57. The number of nitrogens with zero attached hydrogens (tertiary/aromatic N) is 3. The summed E-state index contributed by atoms with van der Waals surface area (Å²) in [6, 6.07) is 3.72. The van der Waals surface area contributed by atoms with Crippen molar-refractivity contribution in [3.05, 3.63) is 30.2 Å². The third-order valence-electron chi connectivity index (χ3n) is 3.21. The van der Waals surface area contributed by atoms with E-state index < -0.39 is 0 Å². The summed E-state index contributed by atoms with van der Waals surface area (Å²) in [4.78, 5) is 11.0. The predicted molar refractivity (Wildman–Crippen MR) is 87.3 cm³/mol. The van der Waals surface area contributed by atoms with Crippen LogP contribution in [-0.4, -0.2) is 47.6 Å². The molecule has 1 aromatic heterocycles. The zero-order valence-electron chi connectivity index (χ0n) is 12.9. The van der Waals surface area contributed by atoms with E-state index in [0.717, 1.165) is 29.7 Å². The van der Waals surface area contributed by atoms with Gasteiger partial charge in [0.25, 0.3) is 0 Å². The molecule has 2 heterocycles. The molecule has 1 saturated heterocycles. The van der Waals surface area contributed by atoms with E-state index in [1.807, 2.05) is 38.3 Å². The smallest absolute Gasteiger partial charge is 0.213 e. The standard InChI is InChI=1S/C15H21N3O2S/c1-5-11(2)20-13-9-18(10-13)15(21-4)17-12-6-7-14(19-3)16-8-12/h5-8,13H,9-10H2,1-4H3/b11-5+,17-15?. The summed E-state index contributed by atoms with van der Waals surface area (Å²) in [6.45, 7) is 5.70. The third-order valence-corrected chi connectivity index (χ3v) is 3.93. The Morgan fingerprint density at radius 2 is 2.24 bits per heavy atom. The van der Waals surface area contributed by atoms with E-state index in [0.29, 0.717) is 5.88 Å². The van der Waals surface area contributed by atoms with Gasteiger partial charge in [-0.3, -0.25) is 0 Å². The van der Waals surface area contributed by atoms with Gasteiger partial charge in [0.05, 0.1) is 37.8 Å². The molecule has 114 valence electrons. The van der Waals surface area contributed by atoms with Gasteiger partial charge in [-0.25, -0.2) is 9.98 Å². The maximum Gasteiger partial charge on any atom is 0.213 e. The molecule has 1 aliphatic rings. The Balaban J connectivity index is 1.96. The summed E-state index contributed by atoms with van der Waals surface area (Å²) in [5, 5.41) is 0.986. The van der Waals surface area contributed by atoms with E-state index in [-0.39, 0.29) is 6.10 Å². The highest BCUT2D eigenvalue weighted by molar-refractivity contribution is 8.13. The fourth-order valence-corrected chi connectivity index (χ4v) is 2.52. The fraction of sp³-hybridized carbons (Fsp3) is 0.467. The molecule has 2 rings (SSSR count). The second-order valence-corrected chi connectivity index (χ2v) is 5.47. The van der Waals surface area contributed by atoms with E-state index in [1.54, 1.807) is 25.1 Å². The Kier molecular flexibility index (Phi) is 5.50. The molecule has 0 radical (unpaired) electrons. The number of ether oxygens (including phenoxy) is 2. The van der Waals surface area contributed by atoms with Crippen LogP contribution in [0, 0.1) is 0 Å². The fourth-order valence-electron chi connectivity index (χ4n) is 1.92. The van der Waals surface area contributed by atoms with Crippen molar-refractivity contribution >= 4 is 22.6 Å². The monoisotopic (exact) mass is 307 g/mol. The van der Waals surface area contributed by atoms with Crippen molar-refractivity contribution in [2.75, 3.05) is 26.5 Å². The number of thioether (sulfide) groups is 1. The molecule has 0 spiro atoms. The van der Waals surface area contributed by atoms with Crippen molar-refractivity contribution in [2.24, 2.45) is 4.99 Å². The molecule has 21 heavy (non-hydrogen) atoms. The first-order valence-corrected chi connectivity index (χ1v) is 8.06. The number of rotatable bonds is 4. The Morgan fingerprint density at radius 1 is 1.48 bits per heavy atom. The van der Waals surface area contributed by atoms with Gasteiger partial charge in [0.15, 0.2) is 5.17 Å². The first-order chi connectivity index (χ1) is 10.2. The topological polar surface area (TPSA) is 47.0 Å². The van der Waals surface area contributed by atoms with E-state index in [2.05, 4.69) is 14.9 Å². The molecule has 5 nitrogen and oxygen atoms in total. The van der Waals surface area contributed by atoms with Crippen LogP contribution < -0.4 is 4.74 Å². The number of allylic oxidation sites excluding steroid dienone is 2. The highest BCUT2D eigenvalue weighted by Crippen LogP contribution is 2.23. The van der Waals surface area contributed by atoms with Gasteiger partial charge >= 0.3 is 0 Å². The lowest BCUT2D eigenvalue weighted by Gasteiger charge is -2.40. The molecule has 1 aliphatic heterocycles. The first kappa shape index (κ1) is 15.7. The minimum absolute atomic E-state index is 0.257. The Labute approximate surface area is 130 Å². The Bertz CT molecular complexity index is 522. The van der Waals surface area contributed by atoms with Gasteiger partial charge in [0, 0.05) is 6.07 Å². The molecule has 1 fully saturated rings. The molecule has 0 amide bonds. The minimum atomic E-state index is 0.257. The number of pyridine rings is 1. The van der Waals surface area contributed by atoms with Crippen molar-refractivity contribution in [2.45, 2.75) is 20.0 Å². The van der Waals surface area contributed by atoms with Crippen molar-refractivity contribution < 1.29 is 9.47 Å². The molecule has 0 aromatic carbocycles. The zero-order valence-corrected chi connectivity index (χ0v) is 13.7. The first-order valence-electron chi connectivity index (χ1n) is 6.83. The zero-order chi connectivity index (χ0) is 15.2. The number of aromatic nitrogens is 1. The SMILES string of the molecule is C/C=C(\C)OC1CN(C(=Nc2ccc(OC)nc2)SC)C1. The van der Waals surface area contributed by atoms with Crippen molar-refractivity contribution in [1.29, 1.82) is 0 Å². The molecule has 0 N–H and O–H groups in total. The van der Waals surface area contributed by atoms with Gasteiger partial charge < -0.3 is 14.4 Å². The lowest BCUT2D eigenvalue weighted by atomic mass is 10.2. The predicted octanol–water partition coefficient (Wildman–Crippen LogP) is 3.07. The second-order valence-electron chi connectivity index (χ2n) is 4.70. The van der Waals surface area contributed by atoms with Crippen LogP contribution in [0.25, 0.3) is 0 Å². The summed E-state index contributed by atoms with van der Waals surface area (Å²) < 4.78 is 10.8. The van der Waals surface area contributed by atoms with Crippen LogP contribution in [0.4, 0.5) is 5.69 Å². The molecule has 6 heteroatoms. The average Bonchev–Trinajstić information content (AvgIpc) is 2.49. The molecule has 0 bridgehead atoms. The van der Waals surface area contributed by atoms with E-state index in [1.165, 1.54) is 0 Å². The van der Waals surface area contributed by atoms with Gasteiger partial charge in [-0.2, -0.15) is 0 Å². The third kappa shape index (κ3) is 4.14. The molecule has 0 saturated carbocycles. The Morgan fingerprint density at radius 3 is 2.76 bits per heavy atom. The van der Waals surface area contributed by atoms with Gasteiger partial charge in [0.2, 0.25) is 5.88 Å². The highest BCUT2D eigenvalue weighted by Gasteiger charge is 2.30. The van der Waals surface area contributed by atoms with Gasteiger partial charge in [0.1, 0.15) is 6.10 Å². The van der Waals surface area contributed by atoms with Crippen LogP contribution in [-0.2, 0) is 4.74 Å². The number of amidine groups is 1. The van der Waals surface area contributed by atoms with Gasteiger partial charge in [-0.15, -0.1) is 0 Å². The van der Waals surface area contributed by atoms with Crippen LogP contribution in [0.5, 0.6) is 5.88 Å². The summed E-state index contributed by atoms with van der Waals surface area (Å²) in [7, 11) is 1.60. The largest absolute Gasteiger partial charge is 0.492 e. The molecule has 0 atom stereocenters. The number of methoxy groups -OCH3 is 1. The van der Waals surface area contributed by atoms with Crippen LogP contribution >= 0.6 is 11.8 Å². The van der Waals surface area contributed by atoms with Crippen LogP contribution in [0.1, 0.15) is 13.8 Å². The van der Waals surface area contributed by atoms with Gasteiger partial charge in [-0.05, 0) is 32.2 Å². The number of hydrogen-bond acceptors (Lipinski definition) is 5. The molecular weight excluding hydrogens is 286 g/mol. The molecule has 0 aliphatic carbocycles. The lowest BCUT2D eigenvalue weighted by Crippen LogP contribution is -2.53. The van der Waals surface area contributed by atoms with Crippen LogP contribution in [0.15, 0.2) is 35.2 Å². The van der Waals surface area contributed by atoms with Crippen molar-refractivity contribution in [1.82, 2.24) is 9.88 Å². The highest BCUT2D eigenvalue weighted by atomic mass is 32.2. The van der Waals surface area contributed by atoms with Gasteiger partial charge in [-0.1, -0.05) is 11.8 Å². The number of hydrogen-bond donors (Lipinski definition) is 0. The quantitative estimate of drug-likeness (QED) is 0.486. The minimum Gasteiger partial charge on any atom is -0.492 e. The van der Waals surface area contributed by atoms with Crippen LogP contribution in [0.3, 0.4) is 0 Å². The summed E-state index contributed by atoms with van der Waals surface area (Å²) in [5.41, 5.74) is 0.828. The van der Waals surface area contributed by atoms with Crippen LogP contribution in [0.2, 0.25) is 0 Å². The van der Waals surface area contributed by atoms with E-state index in [4.69, 9.17) is 9.47 Å². The lowest BCUT2D eigenvalue weighted by molar-refractivity contribution is 0.0174. The van der Waals surface area contributed by atoms with Crippen molar-refractivity contribution in [3.63, 3.8) is 0 Å². The molecule has 0 unspecified atom stereocenters. The summed E-state index contributed by atoms with van der Waals surface area (Å²) in [6.07, 6.45) is 5.98. The number of likely N-dealkylation sites (tertiary alicyclic amines) is 1. The maximum absolute atomic E-state index is 5.77. The average molecular weight is 307 g/mol. The second kappa shape index (κ2) is 7.36. The summed E-state index contributed by atoms with van der Waals surface area (Å²) >= 11 is 1.63. The Hall–Kier alpha value is -1.69.